The zero-order valence-electron chi connectivity index (χ0n) is 11.5. The van der Waals surface area contributed by atoms with Crippen LogP contribution in [0.25, 0.3) is 0 Å². The van der Waals surface area contributed by atoms with Gasteiger partial charge >= 0.3 is 0 Å². The maximum atomic E-state index is 12.5. The number of nitrogens with one attached hydrogen (secondary N) is 1. The van der Waals surface area contributed by atoms with Gasteiger partial charge in [0.15, 0.2) is 5.82 Å². The summed E-state index contributed by atoms with van der Waals surface area (Å²) in [4.78, 5) is 14.3. The Hall–Kier alpha value is -1.56. The number of hydrogen-bond donors (Lipinski definition) is 2. The summed E-state index contributed by atoms with van der Waals surface area (Å²) in [5.74, 6) is 0.161. The third-order valence-corrected chi connectivity index (χ3v) is 3.11. The molecular formula is C12H22N4O2. The molecule has 0 bridgehead atoms. The number of aromatic nitrogens is 2. The highest BCUT2D eigenvalue weighted by Crippen LogP contribution is 2.17. The molecule has 0 aliphatic heterocycles. The van der Waals surface area contributed by atoms with Crippen LogP contribution < -0.4 is 5.73 Å². The van der Waals surface area contributed by atoms with Crippen molar-refractivity contribution in [2.24, 2.45) is 0 Å². The van der Waals surface area contributed by atoms with Crippen molar-refractivity contribution in [2.75, 3.05) is 26.0 Å². The quantitative estimate of drug-likeness (QED) is 0.798. The number of carbonyl (C=O) groups excluding carboxylic acids is 1. The van der Waals surface area contributed by atoms with Crippen LogP contribution in [0.1, 0.15) is 36.3 Å². The number of H-pyrrole nitrogens is 1. The van der Waals surface area contributed by atoms with Crippen molar-refractivity contribution in [1.29, 1.82) is 0 Å². The van der Waals surface area contributed by atoms with E-state index in [1.54, 1.807) is 18.9 Å². The van der Waals surface area contributed by atoms with Crippen LogP contribution in [0.5, 0.6) is 0 Å². The zero-order chi connectivity index (χ0) is 13.7. The SMILES string of the molecule is CCC(C)N(CCOC)C(=O)c1c(N)n[nH]c1C. The standard InChI is InChI=1S/C12H22N4O2/c1-5-8(2)16(6-7-18-4)12(17)10-9(3)14-15-11(10)13/h8H,5-7H2,1-4H3,(H3,13,14,15). The lowest BCUT2D eigenvalue weighted by Crippen LogP contribution is -2.40. The average molecular weight is 254 g/mol. The number of ether oxygens (including phenoxy) is 1. The van der Waals surface area contributed by atoms with E-state index in [0.717, 1.165) is 6.42 Å². The van der Waals surface area contributed by atoms with Crippen LogP contribution in [0.15, 0.2) is 0 Å². The number of carbonyl (C=O) groups is 1. The molecule has 102 valence electrons. The maximum Gasteiger partial charge on any atom is 0.259 e. The van der Waals surface area contributed by atoms with Gasteiger partial charge in [-0.3, -0.25) is 9.89 Å². The summed E-state index contributed by atoms with van der Waals surface area (Å²) in [5, 5.41) is 6.59. The molecule has 6 nitrogen and oxygen atoms in total. The van der Waals surface area contributed by atoms with Crippen molar-refractivity contribution in [3.05, 3.63) is 11.3 Å². The number of nitrogens with zero attached hydrogens (tertiary/aromatic N) is 2. The molecule has 0 aliphatic carbocycles. The van der Waals surface area contributed by atoms with Gasteiger partial charge < -0.3 is 15.4 Å². The fraction of sp³-hybridized carbons (Fsp3) is 0.667. The van der Waals surface area contributed by atoms with Crippen molar-refractivity contribution in [2.45, 2.75) is 33.2 Å². The minimum atomic E-state index is -0.0925. The van der Waals surface area contributed by atoms with E-state index in [0.29, 0.717) is 24.4 Å². The highest BCUT2D eigenvalue weighted by atomic mass is 16.5. The summed E-state index contributed by atoms with van der Waals surface area (Å²) < 4.78 is 5.05. The molecule has 18 heavy (non-hydrogen) atoms. The average Bonchev–Trinajstić information content (AvgIpc) is 2.68. The lowest BCUT2D eigenvalue weighted by molar-refractivity contribution is 0.0614. The Morgan fingerprint density at radius 3 is 2.72 bits per heavy atom. The molecule has 1 rings (SSSR count). The van der Waals surface area contributed by atoms with Gasteiger partial charge in [-0.15, -0.1) is 0 Å². The van der Waals surface area contributed by atoms with Gasteiger partial charge in [-0.05, 0) is 20.3 Å². The van der Waals surface area contributed by atoms with Gasteiger partial charge in [0, 0.05) is 25.4 Å². The highest BCUT2D eigenvalue weighted by Gasteiger charge is 2.25. The van der Waals surface area contributed by atoms with Crippen molar-refractivity contribution >= 4 is 11.7 Å². The van der Waals surface area contributed by atoms with Crippen LogP contribution in [0.2, 0.25) is 0 Å². The zero-order valence-corrected chi connectivity index (χ0v) is 11.5. The molecule has 1 atom stereocenters. The van der Waals surface area contributed by atoms with Gasteiger partial charge in [0.1, 0.15) is 5.56 Å². The summed E-state index contributed by atoms with van der Waals surface area (Å²) in [6.45, 7) is 6.91. The van der Waals surface area contributed by atoms with E-state index in [-0.39, 0.29) is 17.8 Å². The Kier molecular flexibility index (Phi) is 5.15. The Balaban J connectivity index is 2.95. The molecular weight excluding hydrogens is 232 g/mol. The lowest BCUT2D eigenvalue weighted by Gasteiger charge is -2.28. The van der Waals surface area contributed by atoms with Gasteiger partial charge in [0.05, 0.1) is 6.61 Å². The third-order valence-electron chi connectivity index (χ3n) is 3.11. The summed E-state index contributed by atoms with van der Waals surface area (Å²) in [5.41, 5.74) is 6.89. The molecule has 1 aromatic rings. The van der Waals surface area contributed by atoms with Crippen molar-refractivity contribution in [1.82, 2.24) is 15.1 Å². The second kappa shape index (κ2) is 6.39. The number of aromatic amines is 1. The number of hydrogen-bond acceptors (Lipinski definition) is 4. The molecule has 3 N–H and O–H groups in total. The molecule has 0 saturated carbocycles. The predicted molar refractivity (Wildman–Crippen MR) is 70.4 cm³/mol. The second-order valence-electron chi connectivity index (χ2n) is 4.36. The molecule has 0 fully saturated rings. The van der Waals surface area contributed by atoms with E-state index in [1.807, 2.05) is 13.8 Å². The van der Waals surface area contributed by atoms with Crippen LogP contribution in [0.4, 0.5) is 5.82 Å². The van der Waals surface area contributed by atoms with E-state index in [4.69, 9.17) is 10.5 Å². The van der Waals surface area contributed by atoms with Crippen LogP contribution in [0, 0.1) is 6.92 Å². The number of rotatable bonds is 6. The third kappa shape index (κ3) is 3.01. The lowest BCUT2D eigenvalue weighted by atomic mass is 10.1. The first-order valence-corrected chi connectivity index (χ1v) is 6.13. The van der Waals surface area contributed by atoms with Crippen LogP contribution in [-0.2, 0) is 4.74 Å². The molecule has 1 aromatic heterocycles. The van der Waals surface area contributed by atoms with Gasteiger partial charge in [-0.1, -0.05) is 6.92 Å². The molecule has 0 saturated heterocycles. The first-order valence-electron chi connectivity index (χ1n) is 6.13. The van der Waals surface area contributed by atoms with Gasteiger partial charge in [-0.25, -0.2) is 0 Å². The molecule has 1 amide bonds. The Morgan fingerprint density at radius 2 is 2.28 bits per heavy atom. The molecule has 1 unspecified atom stereocenters. The molecule has 0 aromatic carbocycles. The van der Waals surface area contributed by atoms with E-state index in [1.165, 1.54) is 0 Å². The van der Waals surface area contributed by atoms with E-state index < -0.39 is 0 Å². The fourth-order valence-electron chi connectivity index (χ4n) is 1.79. The number of nitrogens with two attached hydrogens (primary N) is 1. The maximum absolute atomic E-state index is 12.5. The summed E-state index contributed by atoms with van der Waals surface area (Å²) in [6, 6.07) is 0.140. The predicted octanol–water partition coefficient (Wildman–Crippen LogP) is 1.19. The first kappa shape index (κ1) is 14.5. The summed E-state index contributed by atoms with van der Waals surface area (Å²) in [7, 11) is 1.62. The minimum Gasteiger partial charge on any atom is -0.383 e. The van der Waals surface area contributed by atoms with Gasteiger partial charge in [0.2, 0.25) is 0 Å². The van der Waals surface area contributed by atoms with E-state index in [2.05, 4.69) is 10.2 Å². The normalized spacial score (nSPS) is 12.4. The Bertz CT molecular complexity index is 383. The van der Waals surface area contributed by atoms with Gasteiger partial charge in [0.25, 0.3) is 5.91 Å². The largest absolute Gasteiger partial charge is 0.383 e. The molecule has 0 spiro atoms. The minimum absolute atomic E-state index is 0.0925. The van der Waals surface area contributed by atoms with E-state index in [9.17, 15) is 4.79 Å². The van der Waals surface area contributed by atoms with E-state index >= 15 is 0 Å². The number of nitrogen functional groups attached to an aromatic ring is 1. The number of aryl methyl sites for hydroxylation is 1. The molecule has 1 heterocycles. The molecule has 6 heteroatoms. The first-order chi connectivity index (χ1) is 8.52. The summed E-state index contributed by atoms with van der Waals surface area (Å²) >= 11 is 0. The number of methoxy groups -OCH3 is 1. The summed E-state index contributed by atoms with van der Waals surface area (Å²) in [6.07, 6.45) is 0.881. The smallest absolute Gasteiger partial charge is 0.259 e. The van der Waals surface area contributed by atoms with Crippen LogP contribution in [-0.4, -0.2) is 47.3 Å². The highest BCUT2D eigenvalue weighted by molar-refractivity contribution is 5.99. The van der Waals surface area contributed by atoms with Crippen molar-refractivity contribution in [3.63, 3.8) is 0 Å². The number of amides is 1. The fourth-order valence-corrected chi connectivity index (χ4v) is 1.79. The van der Waals surface area contributed by atoms with Gasteiger partial charge in [-0.2, -0.15) is 5.10 Å². The molecule has 0 aliphatic rings. The Labute approximate surface area is 107 Å². The molecule has 0 radical (unpaired) electrons. The second-order valence-corrected chi connectivity index (χ2v) is 4.36. The monoisotopic (exact) mass is 254 g/mol. The van der Waals surface area contributed by atoms with Crippen LogP contribution in [0.3, 0.4) is 0 Å². The number of anilines is 1. The Morgan fingerprint density at radius 1 is 1.61 bits per heavy atom. The van der Waals surface area contributed by atoms with Crippen molar-refractivity contribution in [3.8, 4) is 0 Å². The topological polar surface area (TPSA) is 84.2 Å². The van der Waals surface area contributed by atoms with Crippen molar-refractivity contribution < 1.29 is 9.53 Å². The van der Waals surface area contributed by atoms with Crippen LogP contribution >= 0.6 is 0 Å².